The van der Waals surface area contributed by atoms with Gasteiger partial charge in [-0.1, -0.05) is 19.9 Å². The smallest absolute Gasteiger partial charge is 0.246 e. The zero-order valence-electron chi connectivity index (χ0n) is 16.2. The predicted molar refractivity (Wildman–Crippen MR) is 104 cm³/mol. The Balaban J connectivity index is 1.98. The van der Waals surface area contributed by atoms with Gasteiger partial charge >= 0.3 is 0 Å². The first kappa shape index (κ1) is 20.4. The van der Waals surface area contributed by atoms with E-state index >= 15 is 0 Å². The van der Waals surface area contributed by atoms with Crippen molar-refractivity contribution in [2.45, 2.75) is 26.3 Å². The zero-order chi connectivity index (χ0) is 19.3. The number of benzene rings is 1. The molecule has 0 saturated carbocycles. The van der Waals surface area contributed by atoms with Gasteiger partial charge in [0.25, 0.3) is 0 Å². The summed E-state index contributed by atoms with van der Waals surface area (Å²) in [6, 6.07) is 5.41. The largest absolute Gasteiger partial charge is 0.493 e. The third kappa shape index (κ3) is 4.63. The van der Waals surface area contributed by atoms with Crippen molar-refractivity contribution >= 4 is 23.6 Å². The topological polar surface area (TPSA) is 59.1 Å². The molecule has 1 aromatic rings. The van der Waals surface area contributed by atoms with Gasteiger partial charge in [-0.25, -0.2) is 0 Å². The van der Waals surface area contributed by atoms with E-state index in [1.165, 1.54) is 0 Å². The molecular formula is C19H28N2O4S. The zero-order valence-corrected chi connectivity index (χ0v) is 17.0. The molecule has 2 amide bonds. The van der Waals surface area contributed by atoms with Gasteiger partial charge in [-0.15, -0.1) is 11.8 Å². The number of hydrogen-bond donors (Lipinski definition) is 0. The van der Waals surface area contributed by atoms with Crippen molar-refractivity contribution in [2.24, 2.45) is 5.92 Å². The highest BCUT2D eigenvalue weighted by Gasteiger charge is 2.36. The summed E-state index contributed by atoms with van der Waals surface area (Å²) in [5, 5.41) is 0. The van der Waals surface area contributed by atoms with Crippen LogP contribution < -0.4 is 9.47 Å². The molecule has 1 aliphatic rings. The molecule has 1 aliphatic heterocycles. The molecule has 0 aliphatic carbocycles. The van der Waals surface area contributed by atoms with Crippen molar-refractivity contribution < 1.29 is 19.1 Å². The van der Waals surface area contributed by atoms with Crippen molar-refractivity contribution in [3.63, 3.8) is 0 Å². The Kier molecular flexibility index (Phi) is 7.20. The molecule has 1 unspecified atom stereocenters. The fourth-order valence-electron chi connectivity index (χ4n) is 2.89. The maximum atomic E-state index is 12.8. The first-order valence-electron chi connectivity index (χ1n) is 8.73. The first-order chi connectivity index (χ1) is 12.4. The molecule has 1 atom stereocenters. The number of likely N-dealkylation sites (N-methyl/N-ethyl adjacent to an activating group) is 1. The van der Waals surface area contributed by atoms with Crippen LogP contribution in [0.4, 0.5) is 0 Å². The molecule has 1 saturated heterocycles. The van der Waals surface area contributed by atoms with E-state index in [0.717, 1.165) is 5.56 Å². The van der Waals surface area contributed by atoms with Crippen LogP contribution in [0.2, 0.25) is 0 Å². The van der Waals surface area contributed by atoms with E-state index in [1.54, 1.807) is 42.8 Å². The van der Waals surface area contributed by atoms with Crippen LogP contribution in [0.1, 0.15) is 19.4 Å². The van der Waals surface area contributed by atoms with Crippen LogP contribution in [-0.4, -0.2) is 67.1 Å². The predicted octanol–water partition coefficient (Wildman–Crippen LogP) is 2.26. The molecule has 144 valence electrons. The summed E-state index contributed by atoms with van der Waals surface area (Å²) >= 11 is 1.63. The Morgan fingerprint density at radius 2 is 1.96 bits per heavy atom. The Labute approximate surface area is 159 Å². The fourth-order valence-corrected chi connectivity index (χ4v) is 4.05. The number of hydrogen-bond acceptors (Lipinski definition) is 5. The van der Waals surface area contributed by atoms with Crippen LogP contribution in [-0.2, 0) is 16.0 Å². The summed E-state index contributed by atoms with van der Waals surface area (Å²) in [5.74, 6) is 2.58. The summed E-state index contributed by atoms with van der Waals surface area (Å²) in [6.07, 6.45) is 0.709. The molecule has 2 rings (SSSR count). The lowest BCUT2D eigenvalue weighted by atomic mass is 10.1. The number of methoxy groups -OCH3 is 2. The third-order valence-corrected chi connectivity index (χ3v) is 5.52. The summed E-state index contributed by atoms with van der Waals surface area (Å²) < 4.78 is 10.6. The van der Waals surface area contributed by atoms with Crippen LogP contribution in [0.25, 0.3) is 0 Å². The minimum Gasteiger partial charge on any atom is -0.493 e. The first-order valence-corrected chi connectivity index (χ1v) is 9.88. The van der Waals surface area contributed by atoms with Gasteiger partial charge in [0.15, 0.2) is 11.5 Å². The van der Waals surface area contributed by atoms with Crippen molar-refractivity contribution in [1.29, 1.82) is 0 Å². The van der Waals surface area contributed by atoms with E-state index < -0.39 is 0 Å². The molecular weight excluding hydrogens is 352 g/mol. The normalized spacial score (nSPS) is 16.7. The SMILES string of the molecule is COc1ccc(CCN(C)C(=O)C2CSCN2C(=O)C(C)C)cc1OC. The molecule has 6 nitrogen and oxygen atoms in total. The van der Waals surface area contributed by atoms with E-state index in [2.05, 4.69) is 0 Å². The molecule has 1 aromatic carbocycles. The molecule has 7 heteroatoms. The van der Waals surface area contributed by atoms with Crippen LogP contribution in [0.15, 0.2) is 18.2 Å². The summed E-state index contributed by atoms with van der Waals surface area (Å²) in [4.78, 5) is 28.5. The molecule has 0 N–H and O–H groups in total. The number of rotatable bonds is 7. The summed E-state index contributed by atoms with van der Waals surface area (Å²) in [7, 11) is 5.01. The number of nitrogens with zero attached hydrogens (tertiary/aromatic N) is 2. The van der Waals surface area contributed by atoms with E-state index in [0.29, 0.717) is 36.1 Å². The van der Waals surface area contributed by atoms with Gasteiger partial charge in [0.05, 0.1) is 20.1 Å². The summed E-state index contributed by atoms with van der Waals surface area (Å²) in [6.45, 7) is 4.32. The average molecular weight is 381 g/mol. The molecule has 0 aromatic heterocycles. The lowest BCUT2D eigenvalue weighted by molar-refractivity contribution is -0.144. The monoisotopic (exact) mass is 380 g/mol. The second kappa shape index (κ2) is 9.16. The third-order valence-electron chi connectivity index (χ3n) is 4.50. The molecule has 0 bridgehead atoms. The minimum absolute atomic E-state index is 0.00415. The highest BCUT2D eigenvalue weighted by Crippen LogP contribution is 2.28. The van der Waals surface area contributed by atoms with Gasteiger partial charge in [0, 0.05) is 25.3 Å². The highest BCUT2D eigenvalue weighted by molar-refractivity contribution is 7.99. The standard InChI is InChI=1S/C19H28N2O4S/c1-13(2)18(22)21-12-26-11-15(21)19(23)20(3)9-8-14-6-7-16(24-4)17(10-14)25-5/h6-7,10,13,15H,8-9,11-12H2,1-5H3. The lowest BCUT2D eigenvalue weighted by Crippen LogP contribution is -2.49. The Bertz CT molecular complexity index is 650. The number of thioether (sulfide) groups is 1. The lowest BCUT2D eigenvalue weighted by Gasteiger charge is -2.28. The van der Waals surface area contributed by atoms with Crippen LogP contribution in [0.3, 0.4) is 0 Å². The molecule has 1 fully saturated rings. The van der Waals surface area contributed by atoms with Gasteiger partial charge < -0.3 is 19.3 Å². The number of carbonyl (C=O) groups is 2. The van der Waals surface area contributed by atoms with Gasteiger partial charge in [-0.3, -0.25) is 9.59 Å². The average Bonchev–Trinajstić information content (AvgIpc) is 3.13. The highest BCUT2D eigenvalue weighted by atomic mass is 32.2. The van der Waals surface area contributed by atoms with E-state index in [-0.39, 0.29) is 23.8 Å². The molecule has 0 spiro atoms. The fraction of sp³-hybridized carbons (Fsp3) is 0.579. The molecule has 26 heavy (non-hydrogen) atoms. The molecule has 0 radical (unpaired) electrons. The molecule has 1 heterocycles. The van der Waals surface area contributed by atoms with Crippen LogP contribution in [0.5, 0.6) is 11.5 Å². The van der Waals surface area contributed by atoms with E-state index in [9.17, 15) is 9.59 Å². The van der Waals surface area contributed by atoms with E-state index in [4.69, 9.17) is 9.47 Å². The maximum absolute atomic E-state index is 12.8. The van der Waals surface area contributed by atoms with Gasteiger partial charge in [-0.05, 0) is 24.1 Å². The number of amides is 2. The number of ether oxygens (including phenoxy) is 2. The maximum Gasteiger partial charge on any atom is 0.246 e. The summed E-state index contributed by atoms with van der Waals surface area (Å²) in [5.41, 5.74) is 1.07. The number of carbonyl (C=O) groups excluding carboxylic acids is 2. The van der Waals surface area contributed by atoms with Crippen molar-refractivity contribution in [2.75, 3.05) is 39.4 Å². The van der Waals surface area contributed by atoms with Crippen LogP contribution >= 0.6 is 11.8 Å². The Hall–Kier alpha value is -1.89. The Morgan fingerprint density at radius 1 is 1.27 bits per heavy atom. The van der Waals surface area contributed by atoms with Gasteiger partial charge in [0.2, 0.25) is 11.8 Å². The van der Waals surface area contributed by atoms with Crippen molar-refractivity contribution in [3.8, 4) is 11.5 Å². The second-order valence-corrected chi connectivity index (χ2v) is 7.68. The van der Waals surface area contributed by atoms with Crippen molar-refractivity contribution in [1.82, 2.24) is 9.80 Å². The van der Waals surface area contributed by atoms with Gasteiger partial charge in [-0.2, -0.15) is 0 Å². The Morgan fingerprint density at radius 3 is 2.58 bits per heavy atom. The second-order valence-electron chi connectivity index (χ2n) is 6.68. The van der Waals surface area contributed by atoms with Crippen LogP contribution in [0, 0.1) is 5.92 Å². The van der Waals surface area contributed by atoms with Gasteiger partial charge in [0.1, 0.15) is 6.04 Å². The van der Waals surface area contributed by atoms with E-state index in [1.807, 2.05) is 32.0 Å². The quantitative estimate of drug-likeness (QED) is 0.726. The van der Waals surface area contributed by atoms with Crippen molar-refractivity contribution in [3.05, 3.63) is 23.8 Å². The minimum atomic E-state index is -0.356.